The van der Waals surface area contributed by atoms with Crippen molar-refractivity contribution in [2.75, 3.05) is 0 Å². The molecule has 0 aliphatic heterocycles. The highest BCUT2D eigenvalue weighted by Gasteiger charge is 2.11. The second-order valence-corrected chi connectivity index (χ2v) is 7.01. The first-order valence-electron chi connectivity index (χ1n) is 5.53. The first-order chi connectivity index (χ1) is 9.20. The zero-order valence-corrected chi connectivity index (χ0v) is 12.6. The molecule has 0 radical (unpaired) electrons. The van der Waals surface area contributed by atoms with Crippen molar-refractivity contribution in [3.05, 3.63) is 39.9 Å². The first kappa shape index (κ1) is 11.6. The van der Waals surface area contributed by atoms with Gasteiger partial charge in [0, 0.05) is 15.5 Å². The Balaban J connectivity index is 1.93. The fourth-order valence-corrected chi connectivity index (χ4v) is 4.39. The largest absolute Gasteiger partial charge is 0.337 e. The molecule has 3 heterocycles. The van der Waals surface area contributed by atoms with Crippen molar-refractivity contribution in [2.45, 2.75) is 0 Å². The van der Waals surface area contributed by atoms with Crippen LogP contribution >= 0.6 is 38.6 Å². The SMILES string of the molecule is Fc1cc2[nH]c(-c3cc4sccc4s3)nc2cc1Br. The Bertz CT molecular complexity index is 838. The van der Waals surface area contributed by atoms with Crippen molar-refractivity contribution in [2.24, 2.45) is 0 Å². The third-order valence-corrected chi connectivity index (χ3v) is 5.60. The number of aromatic amines is 1. The van der Waals surface area contributed by atoms with E-state index in [0.717, 1.165) is 16.2 Å². The summed E-state index contributed by atoms with van der Waals surface area (Å²) in [6, 6.07) is 7.38. The molecule has 3 aromatic heterocycles. The van der Waals surface area contributed by atoms with E-state index in [4.69, 9.17) is 0 Å². The highest BCUT2D eigenvalue weighted by molar-refractivity contribution is 9.10. The van der Waals surface area contributed by atoms with Gasteiger partial charge in [0.1, 0.15) is 11.6 Å². The summed E-state index contributed by atoms with van der Waals surface area (Å²) in [5, 5.41) is 2.08. The Hall–Kier alpha value is -1.24. The third-order valence-electron chi connectivity index (χ3n) is 2.90. The molecule has 0 aliphatic carbocycles. The van der Waals surface area contributed by atoms with Gasteiger partial charge in [0.05, 0.1) is 20.4 Å². The van der Waals surface area contributed by atoms with E-state index in [2.05, 4.69) is 43.4 Å². The van der Waals surface area contributed by atoms with Crippen molar-refractivity contribution in [1.82, 2.24) is 9.97 Å². The summed E-state index contributed by atoms with van der Waals surface area (Å²) in [5.74, 6) is 0.510. The number of benzene rings is 1. The van der Waals surface area contributed by atoms with Crippen LogP contribution in [0.1, 0.15) is 0 Å². The molecule has 6 heteroatoms. The van der Waals surface area contributed by atoms with Gasteiger partial charge < -0.3 is 4.98 Å². The number of hydrogen-bond donors (Lipinski definition) is 1. The van der Waals surface area contributed by atoms with E-state index >= 15 is 0 Å². The van der Waals surface area contributed by atoms with Gasteiger partial charge in [-0.3, -0.25) is 0 Å². The molecule has 0 amide bonds. The van der Waals surface area contributed by atoms with E-state index in [1.807, 2.05) is 0 Å². The van der Waals surface area contributed by atoms with Gasteiger partial charge in [-0.1, -0.05) is 0 Å². The Labute approximate surface area is 124 Å². The van der Waals surface area contributed by atoms with Gasteiger partial charge in [-0.2, -0.15) is 0 Å². The Morgan fingerprint density at radius 1 is 1.21 bits per heavy atom. The molecule has 0 spiro atoms. The van der Waals surface area contributed by atoms with E-state index in [-0.39, 0.29) is 5.82 Å². The first-order valence-corrected chi connectivity index (χ1v) is 8.02. The van der Waals surface area contributed by atoms with Crippen LogP contribution in [0.3, 0.4) is 0 Å². The van der Waals surface area contributed by atoms with Gasteiger partial charge in [-0.25, -0.2) is 9.37 Å². The van der Waals surface area contributed by atoms with Crippen LogP contribution in [-0.2, 0) is 0 Å². The number of nitrogens with zero attached hydrogens (tertiary/aromatic N) is 1. The predicted molar refractivity (Wildman–Crippen MR) is 82.4 cm³/mol. The maximum atomic E-state index is 13.5. The van der Waals surface area contributed by atoms with E-state index in [0.29, 0.717) is 9.99 Å². The summed E-state index contributed by atoms with van der Waals surface area (Å²) < 4.78 is 16.4. The van der Waals surface area contributed by atoms with Crippen molar-refractivity contribution in [3.8, 4) is 10.7 Å². The monoisotopic (exact) mass is 352 g/mol. The molecule has 0 aliphatic rings. The van der Waals surface area contributed by atoms with Gasteiger partial charge in [0.25, 0.3) is 0 Å². The number of thiophene rings is 2. The quantitative estimate of drug-likeness (QED) is 0.487. The highest BCUT2D eigenvalue weighted by atomic mass is 79.9. The van der Waals surface area contributed by atoms with Crippen molar-refractivity contribution in [3.63, 3.8) is 0 Å². The van der Waals surface area contributed by atoms with Crippen LogP contribution in [0.4, 0.5) is 4.39 Å². The molecule has 0 saturated carbocycles. The number of imidazole rings is 1. The van der Waals surface area contributed by atoms with Gasteiger partial charge in [-0.15, -0.1) is 22.7 Å². The Morgan fingerprint density at radius 3 is 2.95 bits per heavy atom. The number of halogens is 2. The molecule has 1 N–H and O–H groups in total. The van der Waals surface area contributed by atoms with Crippen molar-refractivity contribution in [1.29, 1.82) is 0 Å². The van der Waals surface area contributed by atoms with Crippen molar-refractivity contribution >= 4 is 59.0 Å². The van der Waals surface area contributed by atoms with Gasteiger partial charge in [0.15, 0.2) is 0 Å². The molecule has 0 bridgehead atoms. The van der Waals surface area contributed by atoms with Crippen LogP contribution in [0.25, 0.3) is 31.1 Å². The van der Waals surface area contributed by atoms with E-state index in [9.17, 15) is 4.39 Å². The number of rotatable bonds is 1. The van der Waals surface area contributed by atoms with Gasteiger partial charge in [-0.05, 0) is 39.5 Å². The fraction of sp³-hybridized carbons (Fsp3) is 0. The minimum Gasteiger partial charge on any atom is -0.337 e. The van der Waals surface area contributed by atoms with E-state index < -0.39 is 0 Å². The molecule has 94 valence electrons. The second-order valence-electron chi connectivity index (χ2n) is 4.13. The summed E-state index contributed by atoms with van der Waals surface area (Å²) in [6.45, 7) is 0. The minimum atomic E-state index is -0.283. The Kier molecular flexibility index (Phi) is 2.51. The van der Waals surface area contributed by atoms with Crippen LogP contribution in [-0.4, -0.2) is 9.97 Å². The summed E-state index contributed by atoms with van der Waals surface area (Å²) in [7, 11) is 0. The number of H-pyrrole nitrogens is 1. The fourth-order valence-electron chi connectivity index (χ4n) is 2.00. The third kappa shape index (κ3) is 1.82. The lowest BCUT2D eigenvalue weighted by Crippen LogP contribution is -1.77. The molecule has 2 nitrogen and oxygen atoms in total. The van der Waals surface area contributed by atoms with Gasteiger partial charge >= 0.3 is 0 Å². The molecular weight excluding hydrogens is 347 g/mol. The topological polar surface area (TPSA) is 28.7 Å². The number of hydrogen-bond acceptors (Lipinski definition) is 3. The number of nitrogens with one attached hydrogen (secondary N) is 1. The van der Waals surface area contributed by atoms with Crippen LogP contribution in [0.5, 0.6) is 0 Å². The zero-order valence-electron chi connectivity index (χ0n) is 9.41. The smallest absolute Gasteiger partial charge is 0.148 e. The second kappa shape index (κ2) is 4.13. The summed E-state index contributed by atoms with van der Waals surface area (Å²) in [5.41, 5.74) is 1.48. The molecule has 4 aromatic rings. The molecule has 0 saturated heterocycles. The predicted octanol–water partition coefficient (Wildman–Crippen LogP) is 5.41. The maximum Gasteiger partial charge on any atom is 0.148 e. The molecular formula is C13H6BrFN2S2. The lowest BCUT2D eigenvalue weighted by molar-refractivity contribution is 0.623. The molecule has 4 rings (SSSR count). The lowest BCUT2D eigenvalue weighted by atomic mass is 10.3. The molecule has 0 atom stereocenters. The van der Waals surface area contributed by atoms with Crippen molar-refractivity contribution < 1.29 is 4.39 Å². The average Bonchev–Trinajstić information content (AvgIpc) is 3.01. The van der Waals surface area contributed by atoms with Crippen LogP contribution in [0.2, 0.25) is 0 Å². The van der Waals surface area contributed by atoms with Crippen LogP contribution in [0.15, 0.2) is 34.1 Å². The van der Waals surface area contributed by atoms with Crippen LogP contribution < -0.4 is 0 Å². The Morgan fingerprint density at radius 2 is 2.11 bits per heavy atom. The highest BCUT2D eigenvalue weighted by Crippen LogP contribution is 2.36. The maximum absolute atomic E-state index is 13.5. The van der Waals surface area contributed by atoms with Gasteiger partial charge in [0.2, 0.25) is 0 Å². The summed E-state index contributed by atoms with van der Waals surface area (Å²) >= 11 is 6.59. The molecule has 1 aromatic carbocycles. The average molecular weight is 353 g/mol. The van der Waals surface area contributed by atoms with E-state index in [1.165, 1.54) is 15.5 Å². The summed E-state index contributed by atoms with van der Waals surface area (Å²) in [4.78, 5) is 8.77. The summed E-state index contributed by atoms with van der Waals surface area (Å²) in [6.07, 6.45) is 0. The van der Waals surface area contributed by atoms with E-state index in [1.54, 1.807) is 28.7 Å². The molecule has 0 unspecified atom stereocenters. The standard InChI is InChI=1S/C13H6BrFN2S2/c14-6-3-8-9(4-7(6)15)17-13(16-8)12-5-11-10(19-12)1-2-18-11/h1-5H,(H,16,17). The number of aromatic nitrogens is 2. The molecule has 0 fully saturated rings. The number of fused-ring (bicyclic) bond motifs is 2. The lowest BCUT2D eigenvalue weighted by Gasteiger charge is -1.92. The zero-order chi connectivity index (χ0) is 13.0. The minimum absolute atomic E-state index is 0.283. The normalized spacial score (nSPS) is 11.7. The molecule has 19 heavy (non-hydrogen) atoms. The van der Waals surface area contributed by atoms with Crippen LogP contribution in [0, 0.1) is 5.82 Å².